The van der Waals surface area contributed by atoms with Crippen molar-refractivity contribution in [2.24, 2.45) is 0 Å². The zero-order valence-electron chi connectivity index (χ0n) is 25.1. The highest BCUT2D eigenvalue weighted by Gasteiger charge is 2.05. The lowest BCUT2D eigenvalue weighted by molar-refractivity contribution is -0.870. The molecule has 0 saturated carbocycles. The number of carboxylic acid groups (broad SMARTS) is 1. The van der Waals surface area contributed by atoms with Gasteiger partial charge >= 0.3 is 5.97 Å². The molecule has 2 rings (SSSR count). The summed E-state index contributed by atoms with van der Waals surface area (Å²) in [6, 6.07) is 9.92. The summed E-state index contributed by atoms with van der Waals surface area (Å²) >= 11 is 0. The predicted octanol–water partition coefficient (Wildman–Crippen LogP) is 9.35. The van der Waals surface area contributed by atoms with Gasteiger partial charge in [0.25, 0.3) is 0 Å². The molecule has 2 aromatic rings. The largest absolute Gasteiger partial charge is 0.872 e. The quantitative estimate of drug-likeness (QED) is 0.138. The Balaban J connectivity index is 0.000000431. The molecule has 0 fully saturated rings. The van der Waals surface area contributed by atoms with Gasteiger partial charge in [0, 0.05) is 0 Å². The van der Waals surface area contributed by atoms with Crippen LogP contribution in [0.25, 0.3) is 10.8 Å². The van der Waals surface area contributed by atoms with Crippen molar-refractivity contribution < 1.29 is 19.5 Å². The van der Waals surface area contributed by atoms with Gasteiger partial charge in [-0.2, -0.15) is 0 Å². The number of hydrogen-bond donors (Lipinski definition) is 1. The SMILES string of the molecule is CCCCCCCCCCCCCCCCCCCC[N+](C)(C)C.O=C(O)c1cc2ccccc2cc1[O-]. The molecule has 0 aliphatic rings. The average molecular weight is 528 g/mol. The van der Waals surface area contributed by atoms with Crippen molar-refractivity contribution in [1.29, 1.82) is 0 Å². The molecule has 0 atom stereocenters. The summed E-state index contributed by atoms with van der Waals surface area (Å²) in [6.45, 7) is 3.63. The first-order chi connectivity index (χ1) is 18.2. The average Bonchev–Trinajstić information content (AvgIpc) is 2.87. The molecule has 0 amide bonds. The van der Waals surface area contributed by atoms with Crippen LogP contribution in [-0.2, 0) is 0 Å². The van der Waals surface area contributed by atoms with Crippen molar-refractivity contribution in [2.45, 2.75) is 122 Å². The van der Waals surface area contributed by atoms with Crippen molar-refractivity contribution in [3.8, 4) is 5.75 Å². The van der Waals surface area contributed by atoms with Crippen LogP contribution in [0, 0.1) is 0 Å². The molecular weight excluding hydrogens is 470 g/mol. The first kappa shape index (κ1) is 34.0. The van der Waals surface area contributed by atoms with E-state index >= 15 is 0 Å². The summed E-state index contributed by atoms with van der Waals surface area (Å²) < 4.78 is 1.12. The summed E-state index contributed by atoms with van der Waals surface area (Å²) in [5.74, 6) is -1.63. The van der Waals surface area contributed by atoms with Crippen molar-refractivity contribution >= 4 is 16.7 Å². The topological polar surface area (TPSA) is 60.4 Å². The molecule has 4 nitrogen and oxygen atoms in total. The van der Waals surface area contributed by atoms with E-state index in [0.29, 0.717) is 0 Å². The fourth-order valence-corrected chi connectivity index (χ4v) is 4.87. The highest BCUT2D eigenvalue weighted by molar-refractivity contribution is 5.97. The fourth-order valence-electron chi connectivity index (χ4n) is 4.87. The van der Waals surface area contributed by atoms with Gasteiger partial charge in [-0.15, -0.1) is 0 Å². The van der Waals surface area contributed by atoms with Gasteiger partial charge in [-0.25, -0.2) is 4.79 Å². The zero-order chi connectivity index (χ0) is 28.1. The van der Waals surface area contributed by atoms with Crippen molar-refractivity contribution in [2.75, 3.05) is 27.7 Å². The van der Waals surface area contributed by atoms with Crippen molar-refractivity contribution in [3.05, 3.63) is 42.0 Å². The highest BCUT2D eigenvalue weighted by Crippen LogP contribution is 2.22. The lowest BCUT2D eigenvalue weighted by Crippen LogP contribution is -2.35. The Morgan fingerprint density at radius 1 is 0.658 bits per heavy atom. The molecule has 38 heavy (non-hydrogen) atoms. The van der Waals surface area contributed by atoms with Crippen LogP contribution in [0.3, 0.4) is 0 Å². The molecule has 0 unspecified atom stereocenters. The Morgan fingerprint density at radius 3 is 1.39 bits per heavy atom. The van der Waals surface area contributed by atoms with E-state index in [4.69, 9.17) is 5.11 Å². The van der Waals surface area contributed by atoms with Crippen LogP contribution in [0.2, 0.25) is 0 Å². The van der Waals surface area contributed by atoms with Crippen molar-refractivity contribution in [3.63, 3.8) is 0 Å². The third-order valence-electron chi connectivity index (χ3n) is 7.26. The number of rotatable bonds is 20. The monoisotopic (exact) mass is 527 g/mol. The van der Waals surface area contributed by atoms with E-state index in [1.165, 1.54) is 134 Å². The number of quaternary nitrogens is 1. The first-order valence-corrected chi connectivity index (χ1v) is 15.5. The van der Waals surface area contributed by atoms with Crippen LogP contribution in [0.15, 0.2) is 36.4 Å². The first-order valence-electron chi connectivity index (χ1n) is 15.5. The number of unbranched alkanes of at least 4 members (excludes halogenated alkanes) is 17. The molecule has 0 aliphatic carbocycles. The standard InChI is InChI=1S/C23H50N.C11H8O3/c1-5-6-7-8-9-10-11-12-13-14-15-16-17-18-19-20-21-22-23-24(2,3)4;12-10-6-8-4-2-1-3-7(8)5-9(10)11(13)14/h5-23H2,1-4H3;1-6,12H,(H,13,14)/q+1;/p-1. The molecular formula is C34H57NO3. The molecule has 4 heteroatoms. The Hall–Kier alpha value is -2.07. The van der Waals surface area contributed by atoms with Crippen LogP contribution in [0.1, 0.15) is 133 Å². The highest BCUT2D eigenvalue weighted by atomic mass is 16.4. The molecule has 1 N–H and O–H groups in total. The maximum absolute atomic E-state index is 11.3. The minimum Gasteiger partial charge on any atom is -0.872 e. The van der Waals surface area contributed by atoms with Crippen LogP contribution in [0.5, 0.6) is 5.75 Å². The van der Waals surface area contributed by atoms with E-state index in [1.54, 1.807) is 18.2 Å². The van der Waals surface area contributed by atoms with E-state index < -0.39 is 11.7 Å². The Bertz CT molecular complexity index is 872. The molecule has 0 radical (unpaired) electrons. The third kappa shape index (κ3) is 17.4. The number of nitrogens with zero attached hydrogens (tertiary/aromatic N) is 1. The summed E-state index contributed by atoms with van der Waals surface area (Å²) in [5.41, 5.74) is -0.177. The number of hydrogen-bond acceptors (Lipinski definition) is 2. The lowest BCUT2D eigenvalue weighted by Gasteiger charge is -2.23. The molecule has 0 aliphatic heterocycles. The molecule has 216 valence electrons. The minimum absolute atomic E-state index is 0.177. The van der Waals surface area contributed by atoms with E-state index in [2.05, 4.69) is 28.1 Å². The van der Waals surface area contributed by atoms with Gasteiger partial charge in [0.1, 0.15) is 0 Å². The van der Waals surface area contributed by atoms with Gasteiger partial charge in [0.15, 0.2) is 0 Å². The number of fused-ring (bicyclic) bond motifs is 1. The second kappa shape index (κ2) is 20.8. The van der Waals surface area contributed by atoms with E-state index in [-0.39, 0.29) is 5.56 Å². The van der Waals surface area contributed by atoms with Crippen molar-refractivity contribution in [1.82, 2.24) is 0 Å². The van der Waals surface area contributed by atoms with E-state index in [1.807, 2.05) is 6.07 Å². The second-order valence-corrected chi connectivity index (χ2v) is 12.0. The molecule has 2 aromatic carbocycles. The molecule has 0 saturated heterocycles. The third-order valence-corrected chi connectivity index (χ3v) is 7.26. The Labute approximate surface area is 234 Å². The maximum atomic E-state index is 11.3. The number of carbonyl (C=O) groups is 1. The molecule has 0 heterocycles. The van der Waals surface area contributed by atoms with Crippen LogP contribution in [0.4, 0.5) is 0 Å². The second-order valence-electron chi connectivity index (χ2n) is 12.0. The molecule has 0 aromatic heterocycles. The summed E-state index contributed by atoms with van der Waals surface area (Å²) in [6.07, 6.45) is 26.3. The lowest BCUT2D eigenvalue weighted by atomic mass is 10.0. The number of carboxylic acids is 1. The summed E-state index contributed by atoms with van der Waals surface area (Å²) in [4.78, 5) is 10.7. The smallest absolute Gasteiger partial charge is 0.335 e. The van der Waals surface area contributed by atoms with Gasteiger partial charge in [0.05, 0.1) is 33.3 Å². The van der Waals surface area contributed by atoms with Gasteiger partial charge in [-0.3, -0.25) is 0 Å². The zero-order valence-corrected chi connectivity index (χ0v) is 25.1. The van der Waals surface area contributed by atoms with Gasteiger partial charge in [0.2, 0.25) is 0 Å². The predicted molar refractivity (Wildman–Crippen MR) is 162 cm³/mol. The molecule has 0 bridgehead atoms. The summed E-state index contributed by atoms with van der Waals surface area (Å²) in [7, 11) is 6.90. The Kier molecular flexibility index (Phi) is 18.6. The van der Waals surface area contributed by atoms with Gasteiger partial charge in [-0.05, 0) is 29.7 Å². The van der Waals surface area contributed by atoms with Crippen LogP contribution >= 0.6 is 0 Å². The Morgan fingerprint density at radius 2 is 1.03 bits per heavy atom. The maximum Gasteiger partial charge on any atom is 0.335 e. The fraction of sp³-hybridized carbons (Fsp3) is 0.676. The van der Waals surface area contributed by atoms with Crippen LogP contribution in [-0.4, -0.2) is 43.2 Å². The molecule has 0 spiro atoms. The number of aromatic carboxylic acids is 1. The van der Waals surface area contributed by atoms with E-state index in [9.17, 15) is 9.90 Å². The van der Waals surface area contributed by atoms with Gasteiger partial charge in [-0.1, -0.05) is 146 Å². The van der Waals surface area contributed by atoms with Gasteiger partial charge < -0.3 is 14.7 Å². The number of benzene rings is 2. The minimum atomic E-state index is -1.18. The van der Waals surface area contributed by atoms with E-state index in [0.717, 1.165) is 15.3 Å². The summed E-state index contributed by atoms with van der Waals surface area (Å²) in [5, 5.41) is 21.6. The van der Waals surface area contributed by atoms with Crippen LogP contribution < -0.4 is 5.11 Å². The normalized spacial score (nSPS) is 11.4.